The molecule has 2 amide bonds. The maximum atomic E-state index is 13.6. The van der Waals surface area contributed by atoms with Crippen molar-refractivity contribution >= 4 is 29.3 Å². The Labute approximate surface area is 227 Å². The third-order valence-electron chi connectivity index (χ3n) is 6.33. The van der Waals surface area contributed by atoms with Crippen LogP contribution in [0.3, 0.4) is 0 Å². The number of benzene rings is 3. The third kappa shape index (κ3) is 5.84. The molecule has 3 aromatic rings. The molecule has 1 atom stereocenters. The van der Waals surface area contributed by atoms with E-state index in [4.69, 9.17) is 9.47 Å². The first-order valence-electron chi connectivity index (χ1n) is 12.2. The van der Waals surface area contributed by atoms with Crippen molar-refractivity contribution in [3.8, 4) is 17.6 Å². The fraction of sp³-hybridized carbons (Fsp3) is 0.233. The van der Waals surface area contributed by atoms with Gasteiger partial charge >= 0.3 is 0 Å². The lowest BCUT2D eigenvalue weighted by atomic mass is 10.0. The molecule has 194 valence electrons. The topological polar surface area (TPSA) is 91.7 Å². The van der Waals surface area contributed by atoms with Crippen LogP contribution in [0.2, 0.25) is 0 Å². The van der Waals surface area contributed by atoms with E-state index in [1.54, 1.807) is 26.4 Å². The third-order valence-corrected chi connectivity index (χ3v) is 7.60. The summed E-state index contributed by atoms with van der Waals surface area (Å²) in [6.07, 6.45) is 1.03. The van der Waals surface area contributed by atoms with Gasteiger partial charge in [-0.1, -0.05) is 60.3 Å². The lowest BCUT2D eigenvalue weighted by molar-refractivity contribution is -0.117. The van der Waals surface area contributed by atoms with Gasteiger partial charge in [-0.15, -0.1) is 0 Å². The van der Waals surface area contributed by atoms with Crippen molar-refractivity contribution in [2.75, 3.05) is 25.7 Å². The Kier molecular flexibility index (Phi) is 8.72. The summed E-state index contributed by atoms with van der Waals surface area (Å²) >= 11 is 1.27. The summed E-state index contributed by atoms with van der Waals surface area (Å²) in [6.45, 7) is 2.32. The normalized spacial score (nSPS) is 16.1. The van der Waals surface area contributed by atoms with Crippen LogP contribution in [0.1, 0.15) is 16.7 Å². The minimum absolute atomic E-state index is 0.0770. The number of carbonyl (C=O) groups is 2. The maximum Gasteiger partial charge on any atom is 0.264 e. The van der Waals surface area contributed by atoms with Gasteiger partial charge in [0.25, 0.3) is 5.91 Å². The Hall–Kier alpha value is -4.22. The molecule has 1 saturated heterocycles. The fourth-order valence-electron chi connectivity index (χ4n) is 4.28. The van der Waals surface area contributed by atoms with Gasteiger partial charge in [-0.05, 0) is 60.7 Å². The number of anilines is 1. The highest BCUT2D eigenvalue weighted by atomic mass is 32.2. The molecule has 1 N–H and O–H groups in total. The number of nitrogens with zero attached hydrogens (tertiary/aromatic N) is 2. The van der Waals surface area contributed by atoms with E-state index in [0.717, 1.165) is 16.7 Å². The number of thioether (sulfide) groups is 1. The monoisotopic (exact) mass is 527 g/mol. The zero-order chi connectivity index (χ0) is 27.1. The van der Waals surface area contributed by atoms with E-state index in [-0.39, 0.29) is 11.5 Å². The predicted octanol–water partition coefficient (Wildman–Crippen LogP) is 4.80. The van der Waals surface area contributed by atoms with Crippen molar-refractivity contribution in [2.45, 2.75) is 25.0 Å². The van der Waals surface area contributed by atoms with Gasteiger partial charge in [-0.3, -0.25) is 14.5 Å². The molecule has 0 aliphatic carbocycles. The number of hydrogen-bond donors (Lipinski definition) is 1. The molecule has 1 heterocycles. The van der Waals surface area contributed by atoms with Gasteiger partial charge in [-0.2, -0.15) is 5.26 Å². The van der Waals surface area contributed by atoms with E-state index < -0.39 is 11.2 Å². The van der Waals surface area contributed by atoms with Gasteiger partial charge in [0.15, 0.2) is 11.5 Å². The van der Waals surface area contributed by atoms with Crippen LogP contribution in [0.4, 0.5) is 5.69 Å². The number of nitrogens with one attached hydrogen (secondary N) is 1. The van der Waals surface area contributed by atoms with Crippen LogP contribution in [0.5, 0.6) is 11.5 Å². The minimum atomic E-state index is -0.513. The van der Waals surface area contributed by atoms with E-state index in [0.29, 0.717) is 41.6 Å². The Balaban J connectivity index is 1.57. The number of ether oxygens (including phenoxy) is 2. The number of carbonyl (C=O) groups excluding carboxylic acids is 2. The quantitative estimate of drug-likeness (QED) is 0.318. The molecule has 3 aromatic carbocycles. The van der Waals surface area contributed by atoms with E-state index in [2.05, 4.69) is 11.4 Å². The van der Waals surface area contributed by atoms with Gasteiger partial charge in [0.1, 0.15) is 16.7 Å². The predicted molar refractivity (Wildman–Crippen MR) is 149 cm³/mol. The standard InChI is InChI=1S/C30H29N3O4S/c1-20-9-7-8-10-22(20)18-27-29(35)33(23-11-5-4-6-12-23)30(38-27)24(19-31)28(34)32-16-15-21-13-14-25(36-2)26(17-21)37-3/h4-14,17,27H,15-16,18H2,1-3H3,(H,32,34)/b30-24-/t27-/m0/s1. The SMILES string of the molecule is COc1ccc(CCNC(=O)/C(C#N)=C2\S[C@@H](Cc3ccccc3C)C(=O)N2c2ccccc2)cc1OC. The summed E-state index contributed by atoms with van der Waals surface area (Å²) in [5, 5.41) is 12.8. The highest BCUT2D eigenvalue weighted by Crippen LogP contribution is 2.42. The molecule has 1 fully saturated rings. The summed E-state index contributed by atoms with van der Waals surface area (Å²) < 4.78 is 10.6. The van der Waals surface area contributed by atoms with Crippen LogP contribution in [0.25, 0.3) is 0 Å². The summed E-state index contributed by atoms with van der Waals surface area (Å²) in [6, 6.07) is 24.7. The smallest absolute Gasteiger partial charge is 0.264 e. The van der Waals surface area contributed by atoms with Crippen molar-refractivity contribution < 1.29 is 19.1 Å². The Bertz CT molecular complexity index is 1400. The maximum absolute atomic E-state index is 13.6. The molecule has 7 nitrogen and oxygen atoms in total. The molecular formula is C30H29N3O4S. The number of hydrogen-bond acceptors (Lipinski definition) is 6. The molecule has 0 radical (unpaired) electrons. The second-order valence-electron chi connectivity index (χ2n) is 8.73. The second-order valence-corrected chi connectivity index (χ2v) is 9.92. The van der Waals surface area contributed by atoms with Crippen molar-refractivity contribution in [2.24, 2.45) is 0 Å². The van der Waals surface area contributed by atoms with Crippen LogP contribution in [-0.4, -0.2) is 37.8 Å². The summed E-state index contributed by atoms with van der Waals surface area (Å²) in [5.74, 6) is 0.572. The first-order chi connectivity index (χ1) is 18.5. The molecule has 1 aliphatic rings. The van der Waals surface area contributed by atoms with Crippen LogP contribution >= 0.6 is 11.8 Å². The molecule has 0 aromatic heterocycles. The van der Waals surface area contributed by atoms with Gasteiger partial charge in [0.05, 0.1) is 19.5 Å². The zero-order valence-corrected chi connectivity index (χ0v) is 22.4. The molecule has 38 heavy (non-hydrogen) atoms. The number of aryl methyl sites for hydroxylation is 1. The summed E-state index contributed by atoms with van der Waals surface area (Å²) in [4.78, 5) is 28.3. The molecule has 0 bridgehead atoms. The van der Waals surface area contributed by atoms with Gasteiger partial charge in [0.2, 0.25) is 5.91 Å². The van der Waals surface area contributed by atoms with E-state index in [1.165, 1.54) is 16.7 Å². The second kappa shape index (κ2) is 12.3. The first-order valence-corrected chi connectivity index (χ1v) is 13.1. The lowest BCUT2D eigenvalue weighted by Crippen LogP contribution is -2.32. The summed E-state index contributed by atoms with van der Waals surface area (Å²) in [7, 11) is 3.14. The number of para-hydroxylation sites is 1. The number of methoxy groups -OCH3 is 2. The fourth-order valence-corrected chi connectivity index (χ4v) is 5.58. The highest BCUT2D eigenvalue weighted by Gasteiger charge is 2.40. The van der Waals surface area contributed by atoms with Gasteiger partial charge in [-0.25, -0.2) is 0 Å². The van der Waals surface area contributed by atoms with Gasteiger partial charge in [0, 0.05) is 12.2 Å². The lowest BCUT2D eigenvalue weighted by Gasteiger charge is -2.18. The van der Waals surface area contributed by atoms with Crippen LogP contribution in [0.15, 0.2) is 83.4 Å². The van der Waals surface area contributed by atoms with E-state index >= 15 is 0 Å². The first kappa shape index (κ1) is 26.8. The average molecular weight is 528 g/mol. The highest BCUT2D eigenvalue weighted by molar-refractivity contribution is 8.05. The Morgan fingerprint density at radius 2 is 1.74 bits per heavy atom. The molecule has 1 aliphatic heterocycles. The van der Waals surface area contributed by atoms with Gasteiger partial charge < -0.3 is 14.8 Å². The van der Waals surface area contributed by atoms with Crippen LogP contribution in [0, 0.1) is 18.3 Å². The van der Waals surface area contributed by atoms with Crippen molar-refractivity contribution in [1.29, 1.82) is 5.26 Å². The Morgan fingerprint density at radius 1 is 1.03 bits per heavy atom. The largest absolute Gasteiger partial charge is 0.493 e. The number of rotatable bonds is 9. The van der Waals surface area contributed by atoms with Crippen molar-refractivity contribution in [3.63, 3.8) is 0 Å². The van der Waals surface area contributed by atoms with Crippen LogP contribution in [-0.2, 0) is 22.4 Å². The molecule has 0 spiro atoms. The minimum Gasteiger partial charge on any atom is -0.493 e. The molecule has 0 saturated carbocycles. The van der Waals surface area contributed by atoms with Crippen molar-refractivity contribution in [3.05, 3.63) is 100 Å². The summed E-state index contributed by atoms with van der Waals surface area (Å²) in [5.41, 5.74) is 3.65. The molecule has 4 rings (SSSR count). The number of nitriles is 1. The number of amides is 2. The van der Waals surface area contributed by atoms with E-state index in [1.807, 2.05) is 67.6 Å². The zero-order valence-electron chi connectivity index (χ0n) is 21.6. The van der Waals surface area contributed by atoms with E-state index in [9.17, 15) is 14.9 Å². The average Bonchev–Trinajstić information content (AvgIpc) is 3.25. The molecular weight excluding hydrogens is 498 g/mol. The molecule has 8 heteroatoms. The van der Waals surface area contributed by atoms with Crippen molar-refractivity contribution in [1.82, 2.24) is 5.32 Å². The Morgan fingerprint density at radius 3 is 2.42 bits per heavy atom. The molecule has 0 unspecified atom stereocenters. The van der Waals surface area contributed by atoms with Crippen LogP contribution < -0.4 is 19.7 Å².